The maximum Gasteiger partial charge on any atom is 0.111 e. The van der Waals surface area contributed by atoms with Gasteiger partial charge in [0.05, 0.1) is 24.7 Å². The second-order valence-electron chi connectivity index (χ2n) is 3.63. The van der Waals surface area contributed by atoms with Gasteiger partial charge in [0.2, 0.25) is 0 Å². The topological polar surface area (TPSA) is 145 Å². The van der Waals surface area contributed by atoms with Crippen LogP contribution >= 0.6 is 0 Å². The van der Waals surface area contributed by atoms with E-state index in [0.717, 1.165) is 0 Å². The molecular weight excluding hydrogens is 218 g/mol. The highest BCUT2D eigenvalue weighted by Crippen LogP contribution is 2.13. The molecule has 0 bridgehead atoms. The average Bonchev–Trinajstić information content (AvgIpc) is 2.32. The Hall–Kier alpha value is -0.750. The van der Waals surface area contributed by atoms with Crippen molar-refractivity contribution in [3.05, 3.63) is 0 Å². The predicted octanol–water partition coefficient (Wildman–Crippen LogP) is -3.06. The van der Waals surface area contributed by atoms with Crippen LogP contribution in [0.5, 0.6) is 0 Å². The molecule has 0 aromatic carbocycles. The lowest BCUT2D eigenvalue weighted by Crippen LogP contribution is -2.51. The van der Waals surface area contributed by atoms with Crippen molar-refractivity contribution < 1.29 is 30.6 Å². The average molecular weight is 235 g/mol. The minimum Gasteiger partial charge on any atom is -0.394 e. The Morgan fingerprint density at radius 2 is 1.38 bits per heavy atom. The van der Waals surface area contributed by atoms with E-state index in [4.69, 9.17) is 15.5 Å². The van der Waals surface area contributed by atoms with Crippen molar-refractivity contribution in [2.24, 2.45) is 5.92 Å². The maximum atomic E-state index is 9.40. The van der Waals surface area contributed by atoms with Crippen molar-refractivity contribution in [1.29, 1.82) is 5.26 Å². The van der Waals surface area contributed by atoms with Crippen LogP contribution in [0.3, 0.4) is 0 Å². The van der Waals surface area contributed by atoms with Gasteiger partial charge < -0.3 is 30.6 Å². The lowest BCUT2D eigenvalue weighted by Gasteiger charge is -2.29. The van der Waals surface area contributed by atoms with Crippen molar-refractivity contribution in [2.45, 2.75) is 37.4 Å². The minimum absolute atomic E-state index is 0.797. The van der Waals surface area contributed by atoms with E-state index in [1.165, 1.54) is 6.92 Å². The van der Waals surface area contributed by atoms with Crippen molar-refractivity contribution in [1.82, 2.24) is 0 Å². The van der Waals surface area contributed by atoms with Crippen LogP contribution in [0, 0.1) is 17.2 Å². The van der Waals surface area contributed by atoms with Crippen molar-refractivity contribution >= 4 is 0 Å². The molecule has 0 aliphatic heterocycles. The highest BCUT2D eigenvalue weighted by atomic mass is 16.4. The zero-order chi connectivity index (χ0) is 12.9. The molecule has 0 aromatic heterocycles. The fraction of sp³-hybridized carbons (Fsp3) is 0.889. The van der Waals surface area contributed by atoms with Gasteiger partial charge in [-0.05, 0) is 6.92 Å². The van der Waals surface area contributed by atoms with Crippen LogP contribution in [0.1, 0.15) is 6.92 Å². The lowest BCUT2D eigenvalue weighted by atomic mass is 9.93. The van der Waals surface area contributed by atoms with Gasteiger partial charge in [0.25, 0.3) is 0 Å². The first-order chi connectivity index (χ1) is 7.36. The first-order valence-corrected chi connectivity index (χ1v) is 4.77. The van der Waals surface area contributed by atoms with E-state index in [0.29, 0.717) is 0 Å². The van der Waals surface area contributed by atoms with E-state index in [-0.39, 0.29) is 0 Å². The molecule has 0 heterocycles. The molecule has 2 unspecified atom stereocenters. The van der Waals surface area contributed by atoms with Crippen LogP contribution in [0.25, 0.3) is 0 Å². The summed E-state index contributed by atoms with van der Waals surface area (Å²) in [5.41, 5.74) is 0. The Balaban J connectivity index is 4.49. The largest absolute Gasteiger partial charge is 0.394 e. The van der Waals surface area contributed by atoms with Gasteiger partial charge >= 0.3 is 0 Å². The van der Waals surface area contributed by atoms with Crippen LogP contribution in [-0.2, 0) is 0 Å². The summed E-state index contributed by atoms with van der Waals surface area (Å²) in [5, 5.41) is 63.4. The van der Waals surface area contributed by atoms with Gasteiger partial charge in [-0.25, -0.2) is 0 Å². The van der Waals surface area contributed by atoms with Gasteiger partial charge in [-0.1, -0.05) is 0 Å². The molecule has 0 spiro atoms. The molecule has 0 rings (SSSR count). The Labute approximate surface area is 92.8 Å². The number of hydrogen-bond acceptors (Lipinski definition) is 7. The molecule has 7 nitrogen and oxygen atoms in total. The second kappa shape index (κ2) is 6.75. The van der Waals surface area contributed by atoms with Crippen molar-refractivity contribution in [3.63, 3.8) is 0 Å². The van der Waals surface area contributed by atoms with E-state index in [2.05, 4.69) is 0 Å². The van der Waals surface area contributed by atoms with Crippen LogP contribution < -0.4 is 0 Å². The molecular formula is C9H17NO6. The molecule has 0 fully saturated rings. The quantitative estimate of drug-likeness (QED) is 0.286. The molecule has 0 amide bonds. The van der Waals surface area contributed by atoms with Gasteiger partial charge in [-0.15, -0.1) is 0 Å². The zero-order valence-corrected chi connectivity index (χ0v) is 8.80. The van der Waals surface area contributed by atoms with Crippen LogP contribution in [0.4, 0.5) is 0 Å². The van der Waals surface area contributed by atoms with Crippen LogP contribution in [0.2, 0.25) is 0 Å². The van der Waals surface area contributed by atoms with Crippen molar-refractivity contribution in [2.75, 3.05) is 6.61 Å². The molecule has 0 aliphatic rings. The van der Waals surface area contributed by atoms with Gasteiger partial charge in [0.1, 0.15) is 24.4 Å². The van der Waals surface area contributed by atoms with Gasteiger partial charge in [0.15, 0.2) is 0 Å². The molecule has 6 atom stereocenters. The Bertz CT molecular complexity index is 243. The Morgan fingerprint density at radius 1 is 0.938 bits per heavy atom. The summed E-state index contributed by atoms with van der Waals surface area (Å²) in [6.07, 6.45) is -8.63. The lowest BCUT2D eigenvalue weighted by molar-refractivity contribution is -0.144. The van der Waals surface area contributed by atoms with Gasteiger partial charge in [-0.2, -0.15) is 5.26 Å². The molecule has 0 aromatic rings. The fourth-order valence-electron chi connectivity index (χ4n) is 1.11. The minimum atomic E-state index is -1.85. The van der Waals surface area contributed by atoms with Crippen LogP contribution in [0.15, 0.2) is 0 Å². The molecule has 0 saturated carbocycles. The fourth-order valence-corrected chi connectivity index (χ4v) is 1.11. The summed E-state index contributed by atoms with van der Waals surface area (Å²) in [4.78, 5) is 0. The first kappa shape index (κ1) is 15.2. The number of aliphatic hydroxyl groups is 6. The second-order valence-corrected chi connectivity index (χ2v) is 3.63. The standard InChI is InChI=1S/C9H17NO6/c1-4(2-10)6(13)8(15)9(16)7(14)5(12)3-11/h4-9,11-16H,3H2,1H3/t4?,5-,6?,7-,8+,9+/m1/s1. The number of rotatable bonds is 6. The Morgan fingerprint density at radius 3 is 1.75 bits per heavy atom. The van der Waals surface area contributed by atoms with E-state index in [1.54, 1.807) is 6.07 Å². The third-order valence-corrected chi connectivity index (χ3v) is 2.35. The van der Waals surface area contributed by atoms with E-state index < -0.39 is 43.0 Å². The SMILES string of the molecule is CC(C#N)C(O)[C@H](O)[C@@H](O)[C@H](O)[C@H](O)CO. The third kappa shape index (κ3) is 3.68. The Kier molecular flexibility index (Phi) is 6.43. The molecule has 16 heavy (non-hydrogen) atoms. The van der Waals surface area contributed by atoms with E-state index >= 15 is 0 Å². The van der Waals surface area contributed by atoms with E-state index in [9.17, 15) is 20.4 Å². The summed E-state index contributed by atoms with van der Waals surface area (Å²) in [6.45, 7) is 0.532. The summed E-state index contributed by atoms with van der Waals surface area (Å²) in [5.74, 6) is -0.942. The third-order valence-electron chi connectivity index (χ3n) is 2.35. The van der Waals surface area contributed by atoms with Gasteiger partial charge in [-0.3, -0.25) is 0 Å². The number of nitrogens with zero attached hydrogens (tertiary/aromatic N) is 1. The summed E-state index contributed by atoms with van der Waals surface area (Å²) < 4.78 is 0. The molecule has 7 heteroatoms. The number of nitriles is 1. The highest BCUT2D eigenvalue weighted by Gasteiger charge is 2.36. The van der Waals surface area contributed by atoms with Gasteiger partial charge in [0, 0.05) is 0 Å². The summed E-state index contributed by atoms with van der Waals surface area (Å²) in [7, 11) is 0. The zero-order valence-electron chi connectivity index (χ0n) is 8.80. The summed E-state index contributed by atoms with van der Waals surface area (Å²) >= 11 is 0. The van der Waals surface area contributed by atoms with Crippen LogP contribution in [-0.4, -0.2) is 67.8 Å². The molecule has 94 valence electrons. The molecule has 0 saturated heterocycles. The number of aliphatic hydroxyl groups excluding tert-OH is 6. The number of hydrogen-bond donors (Lipinski definition) is 6. The molecule has 0 aliphatic carbocycles. The molecule has 6 N–H and O–H groups in total. The monoisotopic (exact) mass is 235 g/mol. The normalized spacial score (nSPS) is 22.6. The highest BCUT2D eigenvalue weighted by molar-refractivity contribution is 4.93. The van der Waals surface area contributed by atoms with E-state index in [1.807, 2.05) is 0 Å². The molecule has 0 radical (unpaired) electrons. The summed E-state index contributed by atoms with van der Waals surface area (Å²) in [6, 6.07) is 1.67. The maximum absolute atomic E-state index is 9.40. The van der Waals surface area contributed by atoms with Crippen molar-refractivity contribution in [3.8, 4) is 6.07 Å². The predicted molar refractivity (Wildman–Crippen MR) is 51.9 cm³/mol. The first-order valence-electron chi connectivity index (χ1n) is 4.77. The smallest absolute Gasteiger partial charge is 0.111 e.